The monoisotopic (exact) mass is 297 g/mol. The van der Waals surface area contributed by atoms with Crippen LogP contribution >= 0.6 is 0 Å². The summed E-state index contributed by atoms with van der Waals surface area (Å²) in [5.41, 5.74) is 3.88. The van der Waals surface area contributed by atoms with Crippen LogP contribution in [0, 0.1) is 0 Å². The molecule has 4 rings (SSSR count). The molecule has 1 saturated heterocycles. The Hall–Kier alpha value is -2.27. The van der Waals surface area contributed by atoms with Gasteiger partial charge < -0.3 is 14.6 Å². The van der Waals surface area contributed by atoms with Gasteiger partial charge in [0.25, 0.3) is 0 Å². The maximum Gasteiger partial charge on any atom is 0.317 e. The van der Waals surface area contributed by atoms with E-state index in [2.05, 4.69) is 52.1 Å². The van der Waals surface area contributed by atoms with Crippen LogP contribution in [0.2, 0.25) is 0 Å². The molecule has 0 radical (unpaired) electrons. The summed E-state index contributed by atoms with van der Waals surface area (Å²) in [6.45, 7) is 3.40. The lowest BCUT2D eigenvalue weighted by atomic mass is 10.1. The molecule has 0 saturated carbocycles. The average Bonchev–Trinajstić information content (AvgIpc) is 2.91. The number of hydrogen-bond acceptors (Lipinski definition) is 3. The predicted octanol–water partition coefficient (Wildman–Crippen LogP) is 1.80. The number of aromatic nitrogens is 1. The van der Waals surface area contributed by atoms with E-state index in [4.69, 9.17) is 5.11 Å². The molecule has 1 aromatic carbocycles. The number of anilines is 1. The van der Waals surface area contributed by atoms with Crippen molar-refractivity contribution in [3.8, 4) is 0 Å². The van der Waals surface area contributed by atoms with Crippen molar-refractivity contribution in [2.24, 2.45) is 0 Å². The number of rotatable bonds is 2. The van der Waals surface area contributed by atoms with Gasteiger partial charge in [0.15, 0.2) is 0 Å². The first-order valence-corrected chi connectivity index (χ1v) is 7.66. The third-order valence-corrected chi connectivity index (χ3v) is 4.67. The largest absolute Gasteiger partial charge is 0.480 e. The second kappa shape index (κ2) is 5.18. The summed E-state index contributed by atoms with van der Waals surface area (Å²) < 4.78 is 2.29. The highest BCUT2D eigenvalue weighted by molar-refractivity contribution is 5.69. The highest BCUT2D eigenvalue weighted by atomic mass is 16.4. The van der Waals surface area contributed by atoms with Crippen molar-refractivity contribution < 1.29 is 9.90 Å². The molecule has 5 nitrogen and oxygen atoms in total. The number of hydrogen-bond donors (Lipinski definition) is 1. The summed E-state index contributed by atoms with van der Waals surface area (Å²) in [6, 6.07) is 13.0. The van der Waals surface area contributed by atoms with Crippen molar-refractivity contribution in [1.29, 1.82) is 0 Å². The van der Waals surface area contributed by atoms with E-state index in [-0.39, 0.29) is 12.6 Å². The van der Waals surface area contributed by atoms with Gasteiger partial charge in [-0.05, 0) is 23.8 Å². The van der Waals surface area contributed by atoms with Crippen LogP contribution in [0.25, 0.3) is 0 Å². The molecule has 1 unspecified atom stereocenters. The molecule has 114 valence electrons. The first kappa shape index (κ1) is 13.4. The zero-order chi connectivity index (χ0) is 15.1. The van der Waals surface area contributed by atoms with Gasteiger partial charge in [0.05, 0.1) is 12.6 Å². The minimum Gasteiger partial charge on any atom is -0.480 e. The van der Waals surface area contributed by atoms with Crippen LogP contribution in [0.4, 0.5) is 5.69 Å². The number of fused-ring (bicyclic) bond motifs is 5. The molecule has 5 heteroatoms. The number of carboxylic acid groups (broad SMARTS) is 1. The lowest BCUT2D eigenvalue weighted by Gasteiger charge is -2.42. The van der Waals surface area contributed by atoms with E-state index >= 15 is 0 Å². The molecule has 1 aromatic heterocycles. The molecule has 1 atom stereocenters. The van der Waals surface area contributed by atoms with Crippen molar-refractivity contribution in [2.45, 2.75) is 12.6 Å². The van der Waals surface area contributed by atoms with Crippen molar-refractivity contribution in [2.75, 3.05) is 31.1 Å². The van der Waals surface area contributed by atoms with Gasteiger partial charge in [0.1, 0.15) is 0 Å². The molecule has 22 heavy (non-hydrogen) atoms. The van der Waals surface area contributed by atoms with E-state index in [0.29, 0.717) is 0 Å². The molecule has 2 aliphatic heterocycles. The molecule has 0 spiro atoms. The summed E-state index contributed by atoms with van der Waals surface area (Å²) in [6.07, 6.45) is 2.12. The van der Waals surface area contributed by atoms with Crippen molar-refractivity contribution in [3.63, 3.8) is 0 Å². The van der Waals surface area contributed by atoms with E-state index in [1.807, 2.05) is 4.90 Å². The molecule has 2 aromatic rings. The molecule has 1 fully saturated rings. The van der Waals surface area contributed by atoms with E-state index < -0.39 is 5.97 Å². The summed E-state index contributed by atoms with van der Waals surface area (Å²) in [4.78, 5) is 15.5. The van der Waals surface area contributed by atoms with Gasteiger partial charge in [-0.15, -0.1) is 0 Å². The Morgan fingerprint density at radius 1 is 1.18 bits per heavy atom. The third-order valence-electron chi connectivity index (χ3n) is 4.67. The van der Waals surface area contributed by atoms with Gasteiger partial charge in [-0.3, -0.25) is 9.69 Å². The van der Waals surface area contributed by atoms with Crippen molar-refractivity contribution in [3.05, 3.63) is 53.9 Å². The fourth-order valence-electron chi connectivity index (χ4n) is 3.70. The zero-order valence-corrected chi connectivity index (χ0v) is 12.4. The third kappa shape index (κ3) is 2.18. The predicted molar refractivity (Wildman–Crippen MR) is 84.1 cm³/mol. The Kier molecular flexibility index (Phi) is 3.15. The number of piperazine rings is 1. The number of nitrogens with zero attached hydrogens (tertiary/aromatic N) is 3. The van der Waals surface area contributed by atoms with Gasteiger partial charge >= 0.3 is 5.97 Å². The first-order chi connectivity index (χ1) is 10.7. The number of carbonyl (C=O) groups is 1. The van der Waals surface area contributed by atoms with Gasteiger partial charge in [-0.1, -0.05) is 18.2 Å². The van der Waals surface area contributed by atoms with Crippen LogP contribution in [0.15, 0.2) is 42.6 Å². The van der Waals surface area contributed by atoms with E-state index in [1.165, 1.54) is 16.9 Å². The van der Waals surface area contributed by atoms with E-state index in [1.54, 1.807) is 0 Å². The minimum atomic E-state index is -0.752. The lowest BCUT2D eigenvalue weighted by Crippen LogP contribution is -2.50. The summed E-state index contributed by atoms with van der Waals surface area (Å²) in [5, 5.41) is 9.07. The Morgan fingerprint density at radius 2 is 2.05 bits per heavy atom. The first-order valence-electron chi connectivity index (χ1n) is 7.66. The van der Waals surface area contributed by atoms with E-state index in [0.717, 1.165) is 26.2 Å². The Labute approximate surface area is 129 Å². The fraction of sp³-hybridized carbons (Fsp3) is 0.353. The lowest BCUT2D eigenvalue weighted by molar-refractivity contribution is -0.138. The molecular formula is C17H19N3O2. The number of carboxylic acids is 1. The van der Waals surface area contributed by atoms with Gasteiger partial charge in [0, 0.05) is 43.8 Å². The number of para-hydroxylation sites is 1. The van der Waals surface area contributed by atoms with Crippen LogP contribution in [-0.2, 0) is 11.3 Å². The highest BCUT2D eigenvalue weighted by Crippen LogP contribution is 2.36. The summed E-state index contributed by atoms with van der Waals surface area (Å²) in [5.74, 6) is -0.752. The van der Waals surface area contributed by atoms with Crippen LogP contribution < -0.4 is 4.90 Å². The van der Waals surface area contributed by atoms with Crippen LogP contribution in [-0.4, -0.2) is 46.7 Å². The maximum atomic E-state index is 11.0. The second-order valence-corrected chi connectivity index (χ2v) is 6.03. The summed E-state index contributed by atoms with van der Waals surface area (Å²) >= 11 is 0. The van der Waals surface area contributed by atoms with Crippen molar-refractivity contribution in [1.82, 2.24) is 9.47 Å². The SMILES string of the molecule is O=C(O)CN1CCN2c3ccccc3Cn3cccc3C2C1. The second-order valence-electron chi connectivity index (χ2n) is 6.03. The molecule has 0 bridgehead atoms. The Balaban J connectivity index is 1.74. The van der Waals surface area contributed by atoms with Crippen molar-refractivity contribution >= 4 is 11.7 Å². The van der Waals surface area contributed by atoms with Crippen LogP contribution in [0.1, 0.15) is 17.3 Å². The average molecular weight is 297 g/mol. The Morgan fingerprint density at radius 3 is 2.91 bits per heavy atom. The maximum absolute atomic E-state index is 11.0. The minimum absolute atomic E-state index is 0.118. The topological polar surface area (TPSA) is 48.7 Å². The normalized spacial score (nSPS) is 20.7. The number of aliphatic carboxylic acids is 1. The molecule has 0 amide bonds. The Bertz CT molecular complexity index is 709. The number of benzene rings is 1. The van der Waals surface area contributed by atoms with Crippen LogP contribution in [0.3, 0.4) is 0 Å². The molecule has 0 aliphatic carbocycles. The quantitative estimate of drug-likeness (QED) is 0.918. The van der Waals surface area contributed by atoms with E-state index in [9.17, 15) is 4.79 Å². The van der Waals surface area contributed by atoms with Gasteiger partial charge in [0.2, 0.25) is 0 Å². The van der Waals surface area contributed by atoms with Crippen LogP contribution in [0.5, 0.6) is 0 Å². The fourth-order valence-corrected chi connectivity index (χ4v) is 3.70. The summed E-state index contributed by atoms with van der Waals surface area (Å²) in [7, 11) is 0. The standard InChI is InChI=1S/C17H19N3O2/c21-17(22)12-18-8-9-20-14-5-2-1-4-13(14)10-19-7-3-6-15(19)16(20)11-18/h1-7,16H,8-12H2,(H,21,22). The van der Waals surface area contributed by atoms with Gasteiger partial charge in [-0.25, -0.2) is 0 Å². The smallest absolute Gasteiger partial charge is 0.317 e. The van der Waals surface area contributed by atoms with Gasteiger partial charge in [-0.2, -0.15) is 0 Å². The zero-order valence-electron chi connectivity index (χ0n) is 12.4. The molecule has 3 heterocycles. The molecule has 1 N–H and O–H groups in total. The molecule has 2 aliphatic rings. The highest BCUT2D eigenvalue weighted by Gasteiger charge is 2.33. The molecular weight excluding hydrogens is 278 g/mol.